The van der Waals surface area contributed by atoms with Gasteiger partial charge in [-0.15, -0.1) is 11.8 Å². The molecule has 1 aliphatic rings. The molecule has 126 valence electrons. The van der Waals surface area contributed by atoms with E-state index in [0.717, 1.165) is 12.8 Å². The maximum Gasteiger partial charge on any atom is 0.329 e. The molecule has 0 unspecified atom stereocenters. The van der Waals surface area contributed by atoms with Gasteiger partial charge in [0.1, 0.15) is 6.04 Å². The van der Waals surface area contributed by atoms with Gasteiger partial charge in [-0.3, -0.25) is 4.79 Å². The molecule has 0 spiro atoms. The lowest BCUT2D eigenvalue weighted by molar-refractivity contribution is -0.148. The van der Waals surface area contributed by atoms with Gasteiger partial charge >= 0.3 is 5.97 Å². The van der Waals surface area contributed by atoms with Crippen LogP contribution in [-0.2, 0) is 9.53 Å². The summed E-state index contributed by atoms with van der Waals surface area (Å²) in [5.74, 6) is 0.512. The lowest BCUT2D eigenvalue weighted by Gasteiger charge is -2.30. The molecular weight excluding hydrogens is 310 g/mol. The number of esters is 1. The van der Waals surface area contributed by atoms with E-state index in [0.29, 0.717) is 17.9 Å². The molecule has 1 aromatic rings. The molecule has 0 aliphatic carbocycles. The third-order valence-corrected chi connectivity index (χ3v) is 5.50. The van der Waals surface area contributed by atoms with E-state index in [1.165, 1.54) is 0 Å². The highest BCUT2D eigenvalue weighted by molar-refractivity contribution is 8.00. The Morgan fingerprint density at radius 3 is 2.61 bits per heavy atom. The number of unbranched alkanes of at least 4 members (excludes halogenated alkanes) is 1. The second-order valence-electron chi connectivity index (χ2n) is 6.08. The molecule has 0 N–H and O–H groups in total. The number of benzene rings is 1. The van der Waals surface area contributed by atoms with Crippen molar-refractivity contribution in [3.63, 3.8) is 0 Å². The highest BCUT2D eigenvalue weighted by atomic mass is 32.2. The average molecular weight is 335 g/mol. The summed E-state index contributed by atoms with van der Waals surface area (Å²) in [5.41, 5.74) is 0.618. The fraction of sp³-hybridized carbons (Fsp3) is 0.556. The average Bonchev–Trinajstić information content (AvgIpc) is 3.00. The molecular formula is C18H25NO3S. The number of ether oxygens (including phenoxy) is 1. The quantitative estimate of drug-likeness (QED) is 0.589. The monoisotopic (exact) mass is 335 g/mol. The second-order valence-corrected chi connectivity index (χ2v) is 7.23. The van der Waals surface area contributed by atoms with Crippen molar-refractivity contribution < 1.29 is 14.3 Å². The van der Waals surface area contributed by atoms with Crippen molar-refractivity contribution in [2.45, 2.75) is 45.0 Å². The predicted molar refractivity (Wildman–Crippen MR) is 93.4 cm³/mol. The van der Waals surface area contributed by atoms with Gasteiger partial charge in [-0.1, -0.05) is 45.4 Å². The first-order chi connectivity index (χ1) is 11.1. The first-order valence-electron chi connectivity index (χ1n) is 8.22. The Kier molecular flexibility index (Phi) is 6.51. The van der Waals surface area contributed by atoms with E-state index >= 15 is 0 Å². The van der Waals surface area contributed by atoms with Crippen molar-refractivity contribution in [1.82, 2.24) is 4.90 Å². The molecule has 1 aliphatic heterocycles. The Morgan fingerprint density at radius 2 is 2.00 bits per heavy atom. The third-order valence-electron chi connectivity index (χ3n) is 3.87. The Labute approximate surface area is 142 Å². The van der Waals surface area contributed by atoms with Gasteiger partial charge in [-0.05, 0) is 24.5 Å². The van der Waals surface area contributed by atoms with Crippen LogP contribution in [0.15, 0.2) is 30.3 Å². The summed E-state index contributed by atoms with van der Waals surface area (Å²) >= 11 is 1.66. The normalized spacial score (nSPS) is 20.8. The number of amides is 1. The molecule has 1 saturated heterocycles. The van der Waals surface area contributed by atoms with E-state index < -0.39 is 6.04 Å². The van der Waals surface area contributed by atoms with Crippen LogP contribution in [0.25, 0.3) is 0 Å². The molecule has 1 fully saturated rings. The molecule has 0 bridgehead atoms. The Balaban J connectivity index is 2.18. The minimum atomic E-state index is -0.489. The van der Waals surface area contributed by atoms with Crippen LogP contribution in [0.5, 0.6) is 0 Å². The number of thioether (sulfide) groups is 1. The molecule has 23 heavy (non-hydrogen) atoms. The van der Waals surface area contributed by atoms with Gasteiger partial charge < -0.3 is 9.64 Å². The van der Waals surface area contributed by atoms with Gasteiger partial charge in [0.05, 0.1) is 12.0 Å². The van der Waals surface area contributed by atoms with Crippen molar-refractivity contribution in [2.75, 3.05) is 12.4 Å². The number of carbonyl (C=O) groups excluding carboxylic acids is 2. The Hall–Kier alpha value is -1.49. The van der Waals surface area contributed by atoms with Crippen LogP contribution < -0.4 is 0 Å². The second kappa shape index (κ2) is 8.39. The fourth-order valence-corrected chi connectivity index (χ4v) is 4.09. The van der Waals surface area contributed by atoms with E-state index in [4.69, 9.17) is 4.74 Å². The minimum Gasteiger partial charge on any atom is -0.464 e. The van der Waals surface area contributed by atoms with Crippen LogP contribution in [0.3, 0.4) is 0 Å². The third kappa shape index (κ3) is 4.28. The number of hydrogen-bond donors (Lipinski definition) is 0. The van der Waals surface area contributed by atoms with Crippen LogP contribution in [0.1, 0.15) is 44.0 Å². The smallest absolute Gasteiger partial charge is 0.329 e. The maximum atomic E-state index is 12.9. The number of carbonyl (C=O) groups is 2. The van der Waals surface area contributed by atoms with Gasteiger partial charge in [-0.25, -0.2) is 4.79 Å². The summed E-state index contributed by atoms with van der Waals surface area (Å²) in [5, 5.41) is 0.00595. The summed E-state index contributed by atoms with van der Waals surface area (Å²) in [7, 11) is 0. The van der Waals surface area contributed by atoms with Gasteiger partial charge in [0.15, 0.2) is 0 Å². The van der Waals surface area contributed by atoms with E-state index in [-0.39, 0.29) is 23.2 Å². The molecule has 1 aromatic carbocycles. The first kappa shape index (κ1) is 17.9. The SMILES string of the molecule is CCCCOC(=O)[C@H]1CS[C@H](C(C)C)N1C(=O)c1ccccc1. The predicted octanol–water partition coefficient (Wildman–Crippen LogP) is 3.57. The van der Waals surface area contributed by atoms with Crippen molar-refractivity contribution >= 4 is 23.6 Å². The summed E-state index contributed by atoms with van der Waals surface area (Å²) in [6.07, 6.45) is 1.83. The highest BCUT2D eigenvalue weighted by Crippen LogP contribution is 2.35. The van der Waals surface area contributed by atoms with E-state index in [2.05, 4.69) is 20.8 Å². The van der Waals surface area contributed by atoms with Crippen LogP contribution >= 0.6 is 11.8 Å². The minimum absolute atomic E-state index is 0.00595. The van der Waals surface area contributed by atoms with Gasteiger partial charge in [0.25, 0.3) is 5.91 Å². The van der Waals surface area contributed by atoms with Crippen molar-refractivity contribution in [2.24, 2.45) is 5.92 Å². The van der Waals surface area contributed by atoms with E-state index in [1.807, 2.05) is 18.2 Å². The molecule has 4 nitrogen and oxygen atoms in total. The first-order valence-corrected chi connectivity index (χ1v) is 9.27. The summed E-state index contributed by atoms with van der Waals surface area (Å²) in [6.45, 7) is 6.64. The van der Waals surface area contributed by atoms with E-state index in [1.54, 1.807) is 28.8 Å². The zero-order valence-electron chi connectivity index (χ0n) is 14.0. The molecule has 2 atom stereocenters. The standard InChI is InChI=1S/C18H25NO3S/c1-4-5-11-22-18(21)15-12-23-17(13(2)3)19(15)16(20)14-9-7-6-8-10-14/h6-10,13,15,17H,4-5,11-12H2,1-3H3/t15-,17-/m1/s1. The van der Waals surface area contributed by atoms with Gasteiger partial charge in [0.2, 0.25) is 0 Å². The van der Waals surface area contributed by atoms with E-state index in [9.17, 15) is 9.59 Å². The zero-order valence-corrected chi connectivity index (χ0v) is 14.8. The lowest BCUT2D eigenvalue weighted by atomic mass is 10.1. The Morgan fingerprint density at radius 1 is 1.30 bits per heavy atom. The van der Waals surface area contributed by atoms with Crippen LogP contribution in [-0.4, -0.2) is 40.6 Å². The van der Waals surface area contributed by atoms with Gasteiger partial charge in [0, 0.05) is 11.3 Å². The summed E-state index contributed by atoms with van der Waals surface area (Å²) in [4.78, 5) is 27.0. The van der Waals surface area contributed by atoms with Crippen LogP contribution in [0.2, 0.25) is 0 Å². The number of rotatable bonds is 6. The van der Waals surface area contributed by atoms with Crippen molar-refractivity contribution in [3.8, 4) is 0 Å². The van der Waals surface area contributed by atoms with Gasteiger partial charge in [-0.2, -0.15) is 0 Å². The topological polar surface area (TPSA) is 46.6 Å². The highest BCUT2D eigenvalue weighted by Gasteiger charge is 2.43. The molecule has 0 saturated carbocycles. The molecule has 0 radical (unpaired) electrons. The molecule has 1 heterocycles. The molecule has 5 heteroatoms. The lowest BCUT2D eigenvalue weighted by Crippen LogP contribution is -2.47. The maximum absolute atomic E-state index is 12.9. The fourth-order valence-electron chi connectivity index (χ4n) is 2.62. The van der Waals surface area contributed by atoms with Crippen molar-refractivity contribution in [1.29, 1.82) is 0 Å². The summed E-state index contributed by atoms with van der Waals surface area (Å²) < 4.78 is 5.36. The Bertz CT molecular complexity index is 532. The molecule has 0 aromatic heterocycles. The number of nitrogens with zero attached hydrogens (tertiary/aromatic N) is 1. The summed E-state index contributed by atoms with van der Waals surface area (Å²) in [6, 6.07) is 8.66. The molecule has 1 amide bonds. The number of hydrogen-bond acceptors (Lipinski definition) is 4. The van der Waals surface area contributed by atoms with Crippen LogP contribution in [0.4, 0.5) is 0 Å². The zero-order chi connectivity index (χ0) is 16.8. The van der Waals surface area contributed by atoms with Crippen molar-refractivity contribution in [3.05, 3.63) is 35.9 Å². The molecule has 2 rings (SSSR count). The largest absolute Gasteiger partial charge is 0.464 e. The van der Waals surface area contributed by atoms with Crippen LogP contribution in [0, 0.1) is 5.92 Å².